The van der Waals surface area contributed by atoms with Crippen molar-refractivity contribution >= 4 is 5.97 Å². The topological polar surface area (TPSA) is 43.4 Å². The van der Waals surface area contributed by atoms with Crippen LogP contribution in [0.15, 0.2) is 0 Å². The van der Waals surface area contributed by atoms with Crippen molar-refractivity contribution in [2.75, 3.05) is 13.1 Å². The van der Waals surface area contributed by atoms with Gasteiger partial charge in [0.1, 0.15) is 0 Å². The van der Waals surface area contributed by atoms with E-state index < -0.39 is 5.97 Å². The number of hydrogen-bond acceptors (Lipinski definition) is 3. The summed E-state index contributed by atoms with van der Waals surface area (Å²) in [5.41, 5.74) is 0. The normalized spacial score (nSPS) is 12.1. The maximum Gasteiger partial charge on any atom is 1.00 e. The third-order valence-corrected chi connectivity index (χ3v) is 7.99. The van der Waals surface area contributed by atoms with Gasteiger partial charge in [-0.25, -0.2) is 0 Å². The molecule has 0 aliphatic heterocycles. The van der Waals surface area contributed by atoms with Gasteiger partial charge in [-0.1, -0.05) is 162 Å². The number of carbonyl (C=O) groups excluding carboxylic acids is 1. The summed E-state index contributed by atoms with van der Waals surface area (Å²) in [6.07, 6.45) is 33.9. The molecule has 0 fully saturated rings. The smallest absolute Gasteiger partial charge is 0.550 e. The van der Waals surface area contributed by atoms with Crippen molar-refractivity contribution in [1.82, 2.24) is 4.90 Å². The Morgan fingerprint density at radius 2 is 0.784 bits per heavy atom. The van der Waals surface area contributed by atoms with Gasteiger partial charge in [-0.2, -0.15) is 0 Å². The number of unbranched alkanes of at least 4 members (excludes halogenated alkanes) is 22. The van der Waals surface area contributed by atoms with E-state index in [9.17, 15) is 9.90 Å². The van der Waals surface area contributed by atoms with Crippen LogP contribution in [0.25, 0.3) is 0 Å². The van der Waals surface area contributed by atoms with Crippen LogP contribution in [0.1, 0.15) is 188 Å². The van der Waals surface area contributed by atoms with E-state index in [1.165, 1.54) is 154 Å². The molecule has 0 spiro atoms. The summed E-state index contributed by atoms with van der Waals surface area (Å²) in [5, 5.41) is 11.3. The molecule has 0 heterocycles. The maximum absolute atomic E-state index is 11.3. The molecular formula is C33H66KNO2. The van der Waals surface area contributed by atoms with Gasteiger partial charge in [-0.3, -0.25) is 0 Å². The Kier molecular flexibility index (Phi) is 36.2. The Hall–Kier alpha value is 1.07. The minimum absolute atomic E-state index is 0. The first kappa shape index (κ1) is 40.2. The number of carboxylic acids is 1. The molecule has 1 unspecified atom stereocenters. The molecule has 0 aromatic rings. The van der Waals surface area contributed by atoms with Crippen LogP contribution in [0.5, 0.6) is 0 Å². The predicted octanol–water partition coefficient (Wildman–Crippen LogP) is 6.61. The van der Waals surface area contributed by atoms with Crippen LogP contribution in [-0.2, 0) is 4.79 Å². The third-order valence-electron chi connectivity index (χ3n) is 7.99. The standard InChI is InChI=1S/C33H67NO2.K/c1-4-7-9-11-13-15-17-19-21-23-25-27-29-34(32(6-3)31-33(35)36)30-28-26-24-22-20-18-16-14-12-10-8-5-2;/h32H,4-31H2,1-3H3,(H,35,36);/q;+1/p-1. The van der Waals surface area contributed by atoms with Gasteiger partial charge in [0.25, 0.3) is 0 Å². The Bertz CT molecular complexity index is 418. The summed E-state index contributed by atoms with van der Waals surface area (Å²) in [7, 11) is 0. The molecule has 0 radical (unpaired) electrons. The van der Waals surface area contributed by atoms with Gasteiger partial charge in [0.15, 0.2) is 0 Å². The Balaban J connectivity index is 0. The Morgan fingerprint density at radius 1 is 0.514 bits per heavy atom. The molecule has 1 atom stereocenters. The van der Waals surface area contributed by atoms with Gasteiger partial charge >= 0.3 is 51.4 Å². The van der Waals surface area contributed by atoms with Crippen LogP contribution in [0.4, 0.5) is 0 Å². The molecule has 0 bridgehead atoms. The molecular weight excluding hydrogens is 481 g/mol. The van der Waals surface area contributed by atoms with E-state index in [1.54, 1.807) is 0 Å². The molecule has 0 aliphatic carbocycles. The first-order valence-electron chi connectivity index (χ1n) is 16.6. The van der Waals surface area contributed by atoms with E-state index in [1.807, 2.05) is 0 Å². The van der Waals surface area contributed by atoms with Crippen molar-refractivity contribution in [2.45, 2.75) is 194 Å². The fourth-order valence-corrected chi connectivity index (χ4v) is 5.51. The van der Waals surface area contributed by atoms with Gasteiger partial charge in [0.2, 0.25) is 0 Å². The molecule has 3 nitrogen and oxygen atoms in total. The Labute approximate surface area is 276 Å². The van der Waals surface area contributed by atoms with E-state index in [4.69, 9.17) is 0 Å². The molecule has 0 aromatic heterocycles. The average molecular weight is 548 g/mol. The van der Waals surface area contributed by atoms with Crippen LogP contribution in [-0.4, -0.2) is 30.0 Å². The van der Waals surface area contributed by atoms with E-state index in [-0.39, 0.29) is 63.8 Å². The van der Waals surface area contributed by atoms with Crippen LogP contribution < -0.4 is 56.5 Å². The maximum atomic E-state index is 11.3. The second-order valence-corrected chi connectivity index (χ2v) is 11.5. The van der Waals surface area contributed by atoms with Crippen molar-refractivity contribution in [3.05, 3.63) is 0 Å². The fourth-order valence-electron chi connectivity index (χ4n) is 5.51. The summed E-state index contributed by atoms with van der Waals surface area (Å²) in [6, 6.07) is 0.149. The Morgan fingerprint density at radius 3 is 1.03 bits per heavy atom. The molecule has 0 amide bonds. The van der Waals surface area contributed by atoms with Gasteiger partial charge in [-0.15, -0.1) is 0 Å². The largest absolute Gasteiger partial charge is 1.00 e. The first-order chi connectivity index (χ1) is 17.7. The average Bonchev–Trinajstić information content (AvgIpc) is 2.87. The van der Waals surface area contributed by atoms with Crippen molar-refractivity contribution < 1.29 is 61.3 Å². The molecule has 0 saturated heterocycles. The zero-order valence-electron chi connectivity index (χ0n) is 26.1. The molecule has 0 aliphatic rings. The van der Waals surface area contributed by atoms with E-state index in [0.29, 0.717) is 0 Å². The predicted molar refractivity (Wildman–Crippen MR) is 157 cm³/mol. The summed E-state index contributed by atoms with van der Waals surface area (Å²) < 4.78 is 0. The van der Waals surface area contributed by atoms with Crippen LogP contribution in [0.3, 0.4) is 0 Å². The molecule has 0 N–H and O–H groups in total. The number of nitrogens with zero attached hydrogens (tertiary/aromatic N) is 1. The zero-order chi connectivity index (χ0) is 26.5. The van der Waals surface area contributed by atoms with E-state index >= 15 is 0 Å². The molecule has 0 aromatic carbocycles. The zero-order valence-corrected chi connectivity index (χ0v) is 29.3. The van der Waals surface area contributed by atoms with Crippen molar-refractivity contribution in [2.24, 2.45) is 0 Å². The SMILES string of the molecule is CCCCCCCCCCCCCCN(CCCCCCCCCCCCCC)C(CC)CC(=O)[O-].[K+]. The monoisotopic (exact) mass is 547 g/mol. The van der Waals surface area contributed by atoms with Crippen molar-refractivity contribution in [3.63, 3.8) is 0 Å². The molecule has 37 heavy (non-hydrogen) atoms. The molecule has 0 saturated carbocycles. The van der Waals surface area contributed by atoms with Crippen LogP contribution >= 0.6 is 0 Å². The van der Waals surface area contributed by atoms with Gasteiger partial charge in [0.05, 0.1) is 0 Å². The number of aliphatic carboxylic acids is 1. The summed E-state index contributed by atoms with van der Waals surface area (Å²) in [5.74, 6) is -0.892. The van der Waals surface area contributed by atoms with E-state index in [2.05, 4.69) is 25.7 Å². The van der Waals surface area contributed by atoms with Crippen LogP contribution in [0.2, 0.25) is 0 Å². The molecule has 4 heteroatoms. The quantitative estimate of drug-likeness (QED) is 0.0750. The second-order valence-electron chi connectivity index (χ2n) is 11.5. The fraction of sp³-hybridized carbons (Fsp3) is 0.970. The number of carbonyl (C=O) groups is 1. The third kappa shape index (κ3) is 29.9. The van der Waals surface area contributed by atoms with Gasteiger partial charge in [-0.05, 0) is 32.4 Å². The number of hydrogen-bond donors (Lipinski definition) is 0. The molecule has 216 valence electrons. The first-order valence-corrected chi connectivity index (χ1v) is 16.6. The van der Waals surface area contributed by atoms with Gasteiger partial charge < -0.3 is 14.8 Å². The molecule has 0 rings (SSSR count). The summed E-state index contributed by atoms with van der Waals surface area (Å²) in [6.45, 7) is 8.81. The second kappa shape index (κ2) is 33.3. The van der Waals surface area contributed by atoms with Gasteiger partial charge in [0, 0.05) is 18.4 Å². The minimum Gasteiger partial charge on any atom is -0.550 e. The summed E-state index contributed by atoms with van der Waals surface area (Å²) >= 11 is 0. The summed E-state index contributed by atoms with van der Waals surface area (Å²) in [4.78, 5) is 13.8. The van der Waals surface area contributed by atoms with E-state index in [0.717, 1.165) is 19.5 Å². The van der Waals surface area contributed by atoms with Crippen LogP contribution in [0, 0.1) is 0 Å². The van der Waals surface area contributed by atoms with Crippen molar-refractivity contribution in [1.29, 1.82) is 0 Å². The number of carboxylic acid groups (broad SMARTS) is 1. The number of rotatable bonds is 30. The van der Waals surface area contributed by atoms with Crippen molar-refractivity contribution in [3.8, 4) is 0 Å². The minimum atomic E-state index is -0.892.